The molecule has 1 saturated carbocycles. The molecule has 1 amide bonds. The number of hydrogen-bond donors (Lipinski definition) is 2. The lowest BCUT2D eigenvalue weighted by molar-refractivity contribution is -0.121. The van der Waals surface area contributed by atoms with Gasteiger partial charge < -0.3 is 5.32 Å². The van der Waals surface area contributed by atoms with Crippen molar-refractivity contribution >= 4 is 16.7 Å². The molecular formula is C19H27N3O2. The van der Waals surface area contributed by atoms with Crippen molar-refractivity contribution in [2.45, 2.75) is 52.4 Å². The lowest BCUT2D eigenvalue weighted by atomic mass is 10.0. The zero-order chi connectivity index (χ0) is 17.4. The van der Waals surface area contributed by atoms with Crippen molar-refractivity contribution in [3.8, 4) is 0 Å². The smallest absolute Gasteiger partial charge is 0.272 e. The first-order chi connectivity index (χ1) is 11.6. The summed E-state index contributed by atoms with van der Waals surface area (Å²) in [6.45, 7) is 4.79. The monoisotopic (exact) mass is 329 g/mol. The highest BCUT2D eigenvalue weighted by Gasteiger charge is 2.17. The molecule has 0 aliphatic heterocycles. The molecule has 0 unspecified atom stereocenters. The van der Waals surface area contributed by atoms with Crippen LogP contribution < -0.4 is 10.9 Å². The Morgan fingerprint density at radius 1 is 1.25 bits per heavy atom. The van der Waals surface area contributed by atoms with Crippen molar-refractivity contribution in [1.29, 1.82) is 0 Å². The Balaban J connectivity index is 0.000000174. The molecule has 2 aromatic rings. The van der Waals surface area contributed by atoms with E-state index in [4.69, 9.17) is 0 Å². The number of H-pyrrole nitrogens is 1. The number of benzene rings is 1. The fourth-order valence-electron chi connectivity index (χ4n) is 3.06. The number of carbonyl (C=O) groups excluding carboxylic acids is 1. The molecule has 0 atom stereocenters. The highest BCUT2D eigenvalue weighted by Crippen LogP contribution is 2.27. The van der Waals surface area contributed by atoms with E-state index < -0.39 is 0 Å². The van der Waals surface area contributed by atoms with Gasteiger partial charge in [0.25, 0.3) is 5.56 Å². The molecule has 1 aliphatic rings. The molecule has 1 fully saturated rings. The van der Waals surface area contributed by atoms with Gasteiger partial charge in [0.1, 0.15) is 0 Å². The summed E-state index contributed by atoms with van der Waals surface area (Å²) >= 11 is 0. The minimum atomic E-state index is -0.129. The molecule has 0 spiro atoms. The summed E-state index contributed by atoms with van der Waals surface area (Å²) in [4.78, 5) is 22.5. The Hall–Kier alpha value is -2.17. The number of nitrogens with zero attached hydrogens (tertiary/aromatic N) is 1. The van der Waals surface area contributed by atoms with Gasteiger partial charge in [-0.1, -0.05) is 38.0 Å². The van der Waals surface area contributed by atoms with Crippen molar-refractivity contribution in [3.05, 3.63) is 40.3 Å². The summed E-state index contributed by atoms with van der Waals surface area (Å²) in [5.74, 6) is 0.936. The molecule has 2 N–H and O–H groups in total. The lowest BCUT2D eigenvalue weighted by Crippen LogP contribution is -2.25. The van der Waals surface area contributed by atoms with Gasteiger partial charge in [0, 0.05) is 18.4 Å². The first-order valence-corrected chi connectivity index (χ1v) is 8.82. The van der Waals surface area contributed by atoms with E-state index in [0.29, 0.717) is 11.3 Å². The van der Waals surface area contributed by atoms with Crippen LogP contribution in [-0.4, -0.2) is 22.6 Å². The molecule has 1 aromatic heterocycles. The maximum atomic E-state index is 11.2. The Bertz CT molecular complexity index is 718. The molecule has 5 nitrogen and oxygen atoms in total. The van der Waals surface area contributed by atoms with E-state index in [1.54, 1.807) is 6.07 Å². The number of amides is 1. The molecule has 0 bridgehead atoms. The van der Waals surface area contributed by atoms with E-state index in [9.17, 15) is 9.59 Å². The topological polar surface area (TPSA) is 74.8 Å². The number of rotatable bonds is 4. The molecule has 3 rings (SSSR count). The predicted molar refractivity (Wildman–Crippen MR) is 97.0 cm³/mol. The highest BCUT2D eigenvalue weighted by atomic mass is 16.1. The Morgan fingerprint density at radius 2 is 1.92 bits per heavy atom. The van der Waals surface area contributed by atoms with Crippen LogP contribution in [0.4, 0.5) is 0 Å². The van der Waals surface area contributed by atoms with Gasteiger partial charge >= 0.3 is 0 Å². The van der Waals surface area contributed by atoms with Crippen LogP contribution in [-0.2, 0) is 4.79 Å². The van der Waals surface area contributed by atoms with E-state index in [-0.39, 0.29) is 11.5 Å². The molecule has 1 heterocycles. The largest absolute Gasteiger partial charge is 0.356 e. The number of fused-ring (bicyclic) bond motifs is 1. The standard InChI is InChI=1S/C10H19NO.C9H8N2O/c1-2-7-11-10(12)8-9-5-3-4-6-9;1-6-7-4-2-3-5-8(7)9(12)11-10-6/h9H,2-8H2,1H3,(H,11,12);2-5H,1H3,(H,11,12). The van der Waals surface area contributed by atoms with Gasteiger partial charge in [-0.15, -0.1) is 0 Å². The second-order valence-corrected chi connectivity index (χ2v) is 6.39. The number of aromatic amines is 1. The lowest BCUT2D eigenvalue weighted by Gasteiger charge is -2.08. The summed E-state index contributed by atoms with van der Waals surface area (Å²) in [5.41, 5.74) is 0.724. The summed E-state index contributed by atoms with van der Waals surface area (Å²) in [7, 11) is 0. The number of aryl methyl sites for hydroxylation is 1. The molecule has 0 radical (unpaired) electrons. The van der Waals surface area contributed by atoms with Crippen molar-refractivity contribution in [2.24, 2.45) is 5.92 Å². The van der Waals surface area contributed by atoms with Gasteiger partial charge in [-0.2, -0.15) is 5.10 Å². The minimum Gasteiger partial charge on any atom is -0.356 e. The third kappa shape index (κ3) is 5.18. The second-order valence-electron chi connectivity index (χ2n) is 6.39. The fraction of sp³-hybridized carbons (Fsp3) is 0.526. The molecule has 130 valence electrons. The molecule has 24 heavy (non-hydrogen) atoms. The van der Waals surface area contributed by atoms with Crippen molar-refractivity contribution in [1.82, 2.24) is 15.5 Å². The maximum absolute atomic E-state index is 11.2. The van der Waals surface area contributed by atoms with Gasteiger partial charge in [0.05, 0.1) is 11.1 Å². The Morgan fingerprint density at radius 3 is 2.54 bits per heavy atom. The van der Waals surface area contributed by atoms with Gasteiger partial charge in [-0.3, -0.25) is 9.59 Å². The number of hydrogen-bond acceptors (Lipinski definition) is 3. The van der Waals surface area contributed by atoms with E-state index >= 15 is 0 Å². The van der Waals surface area contributed by atoms with Gasteiger partial charge in [0.15, 0.2) is 0 Å². The van der Waals surface area contributed by atoms with Crippen LogP contribution in [0.2, 0.25) is 0 Å². The number of carbonyl (C=O) groups is 1. The van der Waals surface area contributed by atoms with Crippen molar-refractivity contribution < 1.29 is 4.79 Å². The quantitative estimate of drug-likeness (QED) is 0.903. The summed E-state index contributed by atoms with van der Waals surface area (Å²) in [6, 6.07) is 7.43. The average Bonchev–Trinajstić information content (AvgIpc) is 3.10. The number of aromatic nitrogens is 2. The molecular weight excluding hydrogens is 302 g/mol. The summed E-state index contributed by atoms with van der Waals surface area (Å²) < 4.78 is 0. The van der Waals surface area contributed by atoms with E-state index in [0.717, 1.165) is 30.5 Å². The van der Waals surface area contributed by atoms with Crippen molar-refractivity contribution in [2.75, 3.05) is 6.54 Å². The first-order valence-electron chi connectivity index (χ1n) is 8.82. The SMILES string of the molecule is CCCNC(=O)CC1CCCC1.Cc1n[nH]c(=O)c2ccccc12. The molecule has 1 aliphatic carbocycles. The fourth-order valence-corrected chi connectivity index (χ4v) is 3.06. The van der Waals surface area contributed by atoms with Crippen LogP contribution in [0.15, 0.2) is 29.1 Å². The normalized spacial score (nSPS) is 14.2. The van der Waals surface area contributed by atoms with Crippen LogP contribution in [0, 0.1) is 12.8 Å². The molecule has 5 heteroatoms. The van der Waals surface area contributed by atoms with Gasteiger partial charge in [0.2, 0.25) is 5.91 Å². The van der Waals surface area contributed by atoms with Crippen LogP contribution >= 0.6 is 0 Å². The second kappa shape index (κ2) is 9.21. The first kappa shape index (κ1) is 18.2. The average molecular weight is 329 g/mol. The molecule has 0 saturated heterocycles. The third-order valence-corrected chi connectivity index (χ3v) is 4.41. The summed E-state index contributed by atoms with van der Waals surface area (Å²) in [5, 5.41) is 10.8. The van der Waals surface area contributed by atoms with Crippen LogP contribution in [0.5, 0.6) is 0 Å². The van der Waals surface area contributed by atoms with Gasteiger partial charge in [-0.05, 0) is 38.2 Å². The Labute approximate surface area is 142 Å². The predicted octanol–water partition coefficient (Wildman–Crippen LogP) is 3.32. The highest BCUT2D eigenvalue weighted by molar-refractivity contribution is 5.83. The van der Waals surface area contributed by atoms with E-state index in [2.05, 4.69) is 22.4 Å². The Kier molecular flexibility index (Phi) is 6.97. The van der Waals surface area contributed by atoms with Crippen LogP contribution in [0.1, 0.15) is 51.1 Å². The van der Waals surface area contributed by atoms with E-state index in [1.807, 2.05) is 25.1 Å². The number of nitrogens with one attached hydrogen (secondary N) is 2. The minimum absolute atomic E-state index is 0.129. The van der Waals surface area contributed by atoms with Crippen LogP contribution in [0.3, 0.4) is 0 Å². The summed E-state index contributed by atoms with van der Waals surface area (Å²) in [6.07, 6.45) is 6.98. The van der Waals surface area contributed by atoms with E-state index in [1.165, 1.54) is 25.7 Å². The van der Waals surface area contributed by atoms with Crippen molar-refractivity contribution in [3.63, 3.8) is 0 Å². The van der Waals surface area contributed by atoms with Gasteiger partial charge in [-0.25, -0.2) is 5.10 Å². The van der Waals surface area contributed by atoms with Crippen LogP contribution in [0.25, 0.3) is 10.8 Å². The third-order valence-electron chi connectivity index (χ3n) is 4.41. The zero-order valence-corrected chi connectivity index (χ0v) is 14.6. The molecule has 1 aromatic carbocycles. The zero-order valence-electron chi connectivity index (χ0n) is 14.6. The maximum Gasteiger partial charge on any atom is 0.272 e.